The zero-order chi connectivity index (χ0) is 41.7. The van der Waals surface area contributed by atoms with Crippen molar-refractivity contribution < 1.29 is 38.9 Å². The summed E-state index contributed by atoms with van der Waals surface area (Å²) in [5.74, 6) is -0.495. The average molecular weight is 790 g/mol. The Hall–Kier alpha value is -5.25. The summed E-state index contributed by atoms with van der Waals surface area (Å²) >= 11 is 0. The fourth-order valence-electron chi connectivity index (χ4n) is 6.78. The Morgan fingerprint density at radius 1 is 0.912 bits per heavy atom. The van der Waals surface area contributed by atoms with Gasteiger partial charge in [0.15, 0.2) is 0 Å². The third-order valence-corrected chi connectivity index (χ3v) is 10.2. The van der Waals surface area contributed by atoms with Crippen molar-refractivity contribution in [1.82, 2.24) is 35.9 Å². The maximum Gasteiger partial charge on any atom is 0.407 e. The number of pyridine rings is 1. The first-order valence-corrected chi connectivity index (χ1v) is 19.3. The van der Waals surface area contributed by atoms with Crippen LogP contribution in [0.2, 0.25) is 0 Å². The standard InChI is InChI=1S/C42H59N7O8/c1-8-28(2)36(49-22-21-47(41(49)55)25-31-15-12-16-32(27-50)43-31)38(52)44-34(23-29-13-10-9-11-14-29)35(51)26-48(24-30-17-19-33(56-6)20-18-30)46-39(53)37(42(3,4)5)45-40(54)57-7/h9-20,28,34-37,50-51H,8,21-27H2,1-7H3,(H,44,52)(H,45,54)(H,46,53). The molecule has 57 heavy (non-hydrogen) atoms. The van der Waals surface area contributed by atoms with Gasteiger partial charge in [0.05, 0.1) is 50.9 Å². The summed E-state index contributed by atoms with van der Waals surface area (Å²) in [4.78, 5) is 62.1. The number of aliphatic hydroxyl groups is 2. The van der Waals surface area contributed by atoms with Crippen LogP contribution in [0.1, 0.15) is 63.6 Å². The number of aliphatic hydroxyl groups excluding tert-OH is 2. The van der Waals surface area contributed by atoms with E-state index >= 15 is 0 Å². The smallest absolute Gasteiger partial charge is 0.407 e. The molecule has 2 heterocycles. The summed E-state index contributed by atoms with van der Waals surface area (Å²) in [6, 6.07) is 19.0. The number of nitrogens with zero attached hydrogens (tertiary/aromatic N) is 4. The van der Waals surface area contributed by atoms with Crippen LogP contribution in [-0.2, 0) is 40.4 Å². The molecule has 1 aliphatic rings. The second-order valence-electron chi connectivity index (χ2n) is 15.5. The van der Waals surface area contributed by atoms with E-state index in [1.165, 1.54) is 7.11 Å². The van der Waals surface area contributed by atoms with Gasteiger partial charge in [0, 0.05) is 26.2 Å². The van der Waals surface area contributed by atoms with E-state index in [4.69, 9.17) is 9.47 Å². The summed E-state index contributed by atoms with van der Waals surface area (Å²) in [5, 5.41) is 28.9. The number of urea groups is 1. The van der Waals surface area contributed by atoms with Crippen LogP contribution in [-0.4, -0.2) is 112 Å². The number of methoxy groups -OCH3 is 2. The van der Waals surface area contributed by atoms with Crippen LogP contribution in [0.5, 0.6) is 5.75 Å². The van der Waals surface area contributed by atoms with Gasteiger partial charge in [-0.25, -0.2) is 14.6 Å². The molecule has 5 atom stereocenters. The highest BCUT2D eigenvalue weighted by Gasteiger charge is 2.41. The number of aromatic nitrogens is 1. The molecular formula is C42H59N7O8. The predicted octanol–water partition coefficient (Wildman–Crippen LogP) is 3.63. The number of nitrogens with one attached hydrogen (secondary N) is 3. The Morgan fingerprint density at radius 2 is 1.60 bits per heavy atom. The number of amides is 5. The molecule has 5 N–H and O–H groups in total. The number of alkyl carbamates (subject to hydrolysis) is 1. The fraction of sp³-hybridized carbons (Fsp3) is 0.500. The summed E-state index contributed by atoms with van der Waals surface area (Å²) < 4.78 is 10.1. The van der Waals surface area contributed by atoms with Crippen molar-refractivity contribution in [2.75, 3.05) is 33.9 Å². The largest absolute Gasteiger partial charge is 0.497 e. The van der Waals surface area contributed by atoms with Crippen molar-refractivity contribution in [3.05, 3.63) is 95.3 Å². The lowest BCUT2D eigenvalue weighted by Gasteiger charge is -2.36. The van der Waals surface area contributed by atoms with Gasteiger partial charge in [-0.05, 0) is 53.1 Å². The summed E-state index contributed by atoms with van der Waals surface area (Å²) in [6.45, 7) is 10.1. The molecule has 1 fully saturated rings. The Morgan fingerprint density at radius 3 is 2.21 bits per heavy atom. The molecule has 1 aliphatic heterocycles. The number of benzene rings is 2. The van der Waals surface area contributed by atoms with E-state index in [-0.39, 0.29) is 44.6 Å². The molecule has 5 amide bonds. The highest BCUT2D eigenvalue weighted by atomic mass is 16.5. The molecule has 4 rings (SSSR count). The minimum absolute atomic E-state index is 0.116. The number of carbonyl (C=O) groups is 4. The highest BCUT2D eigenvalue weighted by molar-refractivity contribution is 5.88. The van der Waals surface area contributed by atoms with Crippen molar-refractivity contribution in [3.63, 3.8) is 0 Å². The summed E-state index contributed by atoms with van der Waals surface area (Å²) in [6.07, 6.45) is -1.11. The van der Waals surface area contributed by atoms with Crippen LogP contribution in [0.4, 0.5) is 9.59 Å². The lowest BCUT2D eigenvalue weighted by atomic mass is 9.86. The third kappa shape index (κ3) is 12.6. The highest BCUT2D eigenvalue weighted by Crippen LogP contribution is 2.24. The Kier molecular flexibility index (Phi) is 16.2. The topological polar surface area (TPSA) is 186 Å². The zero-order valence-electron chi connectivity index (χ0n) is 34.1. The molecule has 3 aromatic rings. The van der Waals surface area contributed by atoms with Gasteiger partial charge < -0.3 is 40.1 Å². The zero-order valence-corrected chi connectivity index (χ0v) is 34.1. The van der Waals surface area contributed by atoms with E-state index in [9.17, 15) is 29.4 Å². The summed E-state index contributed by atoms with van der Waals surface area (Å²) in [5.41, 5.74) is 5.00. The van der Waals surface area contributed by atoms with Gasteiger partial charge in [-0.3, -0.25) is 20.0 Å². The van der Waals surface area contributed by atoms with Gasteiger partial charge >= 0.3 is 12.1 Å². The first kappa shape index (κ1) is 44.5. The first-order valence-electron chi connectivity index (χ1n) is 19.3. The number of ether oxygens (including phenoxy) is 2. The minimum Gasteiger partial charge on any atom is -0.497 e. The van der Waals surface area contributed by atoms with Gasteiger partial charge in [0.1, 0.15) is 17.8 Å². The second-order valence-corrected chi connectivity index (χ2v) is 15.5. The van der Waals surface area contributed by atoms with Crippen LogP contribution in [0.25, 0.3) is 0 Å². The first-order chi connectivity index (χ1) is 27.2. The molecule has 1 saturated heterocycles. The van der Waals surface area contributed by atoms with E-state index in [1.54, 1.807) is 52.3 Å². The summed E-state index contributed by atoms with van der Waals surface area (Å²) in [7, 11) is 2.79. The maximum atomic E-state index is 14.5. The molecule has 5 unspecified atom stereocenters. The lowest BCUT2D eigenvalue weighted by molar-refractivity contribution is -0.132. The number of hydrazine groups is 1. The predicted molar refractivity (Wildman–Crippen MR) is 214 cm³/mol. The Labute approximate surface area is 335 Å². The van der Waals surface area contributed by atoms with Crippen LogP contribution in [0.3, 0.4) is 0 Å². The number of rotatable bonds is 19. The quantitative estimate of drug-likeness (QED) is 0.112. The molecule has 1 aromatic heterocycles. The van der Waals surface area contributed by atoms with E-state index in [1.807, 2.05) is 77.1 Å². The molecular weight excluding hydrogens is 731 g/mol. The van der Waals surface area contributed by atoms with Crippen molar-refractivity contribution in [2.24, 2.45) is 11.3 Å². The molecule has 310 valence electrons. The molecule has 15 nitrogen and oxygen atoms in total. The van der Waals surface area contributed by atoms with Gasteiger partial charge in [-0.2, -0.15) is 0 Å². The van der Waals surface area contributed by atoms with Crippen LogP contribution < -0.4 is 20.8 Å². The molecule has 0 radical (unpaired) electrons. The van der Waals surface area contributed by atoms with Crippen molar-refractivity contribution in [3.8, 4) is 5.75 Å². The van der Waals surface area contributed by atoms with Crippen molar-refractivity contribution in [1.29, 1.82) is 0 Å². The van der Waals surface area contributed by atoms with Gasteiger partial charge in [-0.1, -0.05) is 89.6 Å². The number of hydrogen-bond donors (Lipinski definition) is 5. The maximum absolute atomic E-state index is 14.5. The number of hydrogen-bond acceptors (Lipinski definition) is 10. The Bertz CT molecular complexity index is 1770. The van der Waals surface area contributed by atoms with Crippen LogP contribution >= 0.6 is 0 Å². The van der Waals surface area contributed by atoms with Gasteiger partial charge in [-0.15, -0.1) is 0 Å². The van der Waals surface area contributed by atoms with E-state index in [2.05, 4.69) is 21.0 Å². The monoisotopic (exact) mass is 789 g/mol. The molecule has 0 saturated carbocycles. The third-order valence-electron chi connectivity index (χ3n) is 10.2. The average Bonchev–Trinajstić information content (AvgIpc) is 3.54. The molecule has 0 spiro atoms. The van der Waals surface area contributed by atoms with E-state index < -0.39 is 47.6 Å². The minimum atomic E-state index is -1.22. The normalized spacial score (nSPS) is 15.7. The van der Waals surface area contributed by atoms with Crippen molar-refractivity contribution in [2.45, 2.75) is 91.4 Å². The second kappa shape index (κ2) is 20.8. The van der Waals surface area contributed by atoms with Crippen molar-refractivity contribution >= 4 is 23.9 Å². The number of carbonyl (C=O) groups excluding carboxylic acids is 4. The SMILES string of the molecule is CCC(C)C(C(=O)NC(Cc1ccccc1)C(O)CN(Cc1ccc(OC)cc1)NC(=O)C(NC(=O)OC)C(C)(C)C)N1CCN(Cc2cccc(CO)n2)C1=O. The van der Waals surface area contributed by atoms with Gasteiger partial charge in [0.25, 0.3) is 5.91 Å². The Balaban J connectivity index is 1.61. The fourth-order valence-corrected chi connectivity index (χ4v) is 6.78. The lowest BCUT2D eigenvalue weighted by Crippen LogP contribution is -2.60. The molecule has 15 heteroatoms. The molecule has 2 aromatic carbocycles. The van der Waals surface area contributed by atoms with E-state index in [0.717, 1.165) is 11.1 Å². The van der Waals surface area contributed by atoms with Crippen LogP contribution in [0.15, 0.2) is 72.8 Å². The van der Waals surface area contributed by atoms with Crippen LogP contribution in [0, 0.1) is 11.3 Å². The molecule has 0 bridgehead atoms. The van der Waals surface area contributed by atoms with E-state index in [0.29, 0.717) is 36.6 Å². The van der Waals surface area contributed by atoms with Gasteiger partial charge in [0.2, 0.25) is 5.91 Å². The molecule has 0 aliphatic carbocycles.